The minimum Gasteiger partial charge on any atom is -0.353 e. The van der Waals surface area contributed by atoms with Crippen LogP contribution in [0.4, 0.5) is 0 Å². The van der Waals surface area contributed by atoms with E-state index in [1.807, 2.05) is 27.7 Å². The lowest BCUT2D eigenvalue weighted by Crippen LogP contribution is -2.18. The van der Waals surface area contributed by atoms with Gasteiger partial charge in [-0.1, -0.05) is 30.6 Å². The molecule has 6 heteroatoms. The average molecular weight is 361 g/mol. The normalized spacial score (nSPS) is 11.7. The van der Waals surface area contributed by atoms with Gasteiger partial charge in [0.05, 0.1) is 0 Å². The summed E-state index contributed by atoms with van der Waals surface area (Å²) >= 11 is 0. The molecule has 4 nitrogen and oxygen atoms in total. The summed E-state index contributed by atoms with van der Waals surface area (Å²) in [5.41, 5.74) is 0. The molecule has 0 saturated heterocycles. The third-order valence-electron chi connectivity index (χ3n) is 3.23. The Morgan fingerprint density at radius 1 is 0.565 bits per heavy atom. The maximum absolute atomic E-state index is 5.56. The predicted octanol–water partition coefficient (Wildman–Crippen LogP) is 4.04. The van der Waals surface area contributed by atoms with Gasteiger partial charge in [-0.25, -0.2) is 0 Å². The van der Waals surface area contributed by atoms with Crippen molar-refractivity contribution < 1.29 is 18.9 Å². The van der Waals surface area contributed by atoms with E-state index in [1.165, 1.54) is 30.6 Å². The summed E-state index contributed by atoms with van der Waals surface area (Å²) in [5.74, 6) is 0. The summed E-state index contributed by atoms with van der Waals surface area (Å²) in [6.45, 7) is 11.0. The fourth-order valence-corrected chi connectivity index (χ4v) is 4.79. The largest absolute Gasteiger partial charge is 0.353 e. The van der Waals surface area contributed by atoms with E-state index in [9.17, 15) is 0 Å². The first-order chi connectivity index (χ1) is 11.3. The standard InChI is InChI=1S/C17H36O4Si2/c1-5-18-16(19-6-2)10-14-22-12-9-13-23-15-11-17(20-7-3)21-8-4/h16-17H,5-15H2,1-4H3. The Bertz CT molecular complexity index is 199. The van der Waals surface area contributed by atoms with Crippen molar-refractivity contribution in [1.82, 2.24) is 0 Å². The van der Waals surface area contributed by atoms with Crippen LogP contribution in [-0.4, -0.2) is 58.0 Å². The summed E-state index contributed by atoms with van der Waals surface area (Å²) in [5, 5.41) is 0. The van der Waals surface area contributed by atoms with E-state index in [0.717, 1.165) is 58.3 Å². The molecular formula is C17H36O4Si2. The third-order valence-corrected chi connectivity index (χ3v) is 5.93. The zero-order chi connectivity index (χ0) is 17.2. The SMILES string of the molecule is CCOC(CC[Si]CCC[Si]CCC(OCC)OCC)OCC. The molecule has 0 aromatic carbocycles. The topological polar surface area (TPSA) is 36.9 Å². The highest BCUT2D eigenvalue weighted by molar-refractivity contribution is 6.37. The molecule has 0 aliphatic rings. The first kappa shape index (κ1) is 23.3. The van der Waals surface area contributed by atoms with E-state index in [4.69, 9.17) is 18.9 Å². The Hall–Kier alpha value is 0.274. The highest BCUT2D eigenvalue weighted by Crippen LogP contribution is 2.09. The molecule has 4 radical (unpaired) electrons. The second-order valence-electron chi connectivity index (χ2n) is 5.11. The monoisotopic (exact) mass is 360 g/mol. The molecule has 0 rings (SSSR count). The summed E-state index contributed by atoms with van der Waals surface area (Å²) in [6, 6.07) is 5.14. The van der Waals surface area contributed by atoms with Crippen LogP contribution in [0.15, 0.2) is 0 Å². The maximum atomic E-state index is 5.56. The Balaban J connectivity index is 3.41. The lowest BCUT2D eigenvalue weighted by molar-refractivity contribution is -0.137. The molecule has 0 bridgehead atoms. The number of hydrogen-bond acceptors (Lipinski definition) is 4. The quantitative estimate of drug-likeness (QED) is 0.210. The Morgan fingerprint density at radius 2 is 0.913 bits per heavy atom. The molecule has 0 fully saturated rings. The molecule has 0 spiro atoms. The lowest BCUT2D eigenvalue weighted by atomic mass is 10.4. The van der Waals surface area contributed by atoms with Crippen LogP contribution in [-0.2, 0) is 18.9 Å². The molecule has 0 aromatic heterocycles. The third kappa shape index (κ3) is 15.5. The van der Waals surface area contributed by atoms with E-state index >= 15 is 0 Å². The second kappa shape index (κ2) is 18.6. The van der Waals surface area contributed by atoms with Gasteiger partial charge in [0.1, 0.15) is 0 Å². The van der Waals surface area contributed by atoms with Gasteiger partial charge < -0.3 is 18.9 Å². The molecule has 0 aromatic rings. The summed E-state index contributed by atoms with van der Waals surface area (Å²) < 4.78 is 22.3. The minimum atomic E-state index is 0.00781. The molecule has 0 heterocycles. The molecule has 0 saturated carbocycles. The van der Waals surface area contributed by atoms with Gasteiger partial charge in [0.25, 0.3) is 0 Å². The van der Waals surface area contributed by atoms with Gasteiger partial charge in [-0.2, -0.15) is 0 Å². The smallest absolute Gasteiger partial charge is 0.157 e. The molecule has 0 atom stereocenters. The van der Waals surface area contributed by atoms with Gasteiger partial charge in [-0.15, -0.1) is 0 Å². The van der Waals surface area contributed by atoms with Crippen LogP contribution in [0, 0.1) is 0 Å². The van der Waals surface area contributed by atoms with Crippen LogP contribution >= 0.6 is 0 Å². The molecular weight excluding hydrogens is 324 g/mol. The Morgan fingerprint density at radius 3 is 1.22 bits per heavy atom. The van der Waals surface area contributed by atoms with Gasteiger partial charge in [0.2, 0.25) is 0 Å². The molecule has 136 valence electrons. The van der Waals surface area contributed by atoms with Crippen molar-refractivity contribution >= 4 is 19.0 Å². The molecule has 0 aliphatic heterocycles. The van der Waals surface area contributed by atoms with E-state index in [0.29, 0.717) is 0 Å². The van der Waals surface area contributed by atoms with E-state index in [1.54, 1.807) is 0 Å². The zero-order valence-corrected chi connectivity index (χ0v) is 17.6. The molecule has 0 aliphatic carbocycles. The van der Waals surface area contributed by atoms with Crippen LogP contribution in [0.3, 0.4) is 0 Å². The molecule has 0 N–H and O–H groups in total. The lowest BCUT2D eigenvalue weighted by Gasteiger charge is -2.16. The summed E-state index contributed by atoms with van der Waals surface area (Å²) in [4.78, 5) is 0. The van der Waals surface area contributed by atoms with Gasteiger partial charge in [-0.3, -0.25) is 0 Å². The van der Waals surface area contributed by atoms with Gasteiger partial charge in [0.15, 0.2) is 12.6 Å². The van der Waals surface area contributed by atoms with Gasteiger partial charge in [-0.05, 0) is 40.5 Å². The summed E-state index contributed by atoms with van der Waals surface area (Å²) in [7, 11) is 2.07. The molecule has 0 unspecified atom stereocenters. The Labute approximate surface area is 148 Å². The number of hydrogen-bond donors (Lipinski definition) is 0. The number of rotatable bonds is 18. The van der Waals surface area contributed by atoms with Crippen molar-refractivity contribution in [2.45, 2.75) is 83.7 Å². The zero-order valence-electron chi connectivity index (χ0n) is 15.6. The van der Waals surface area contributed by atoms with Crippen molar-refractivity contribution in [3.05, 3.63) is 0 Å². The first-order valence-electron chi connectivity index (χ1n) is 9.16. The molecule has 23 heavy (non-hydrogen) atoms. The van der Waals surface area contributed by atoms with Gasteiger partial charge >= 0.3 is 0 Å². The number of ether oxygens (including phenoxy) is 4. The first-order valence-corrected chi connectivity index (χ1v) is 12.0. The van der Waals surface area contributed by atoms with E-state index in [2.05, 4.69) is 0 Å². The second-order valence-corrected chi connectivity index (χ2v) is 8.11. The Kier molecular flexibility index (Phi) is 18.8. The van der Waals surface area contributed by atoms with Crippen LogP contribution < -0.4 is 0 Å². The summed E-state index contributed by atoms with van der Waals surface area (Å²) in [6.07, 6.45) is 3.43. The predicted molar refractivity (Wildman–Crippen MR) is 98.7 cm³/mol. The van der Waals surface area contributed by atoms with Crippen LogP contribution in [0.5, 0.6) is 0 Å². The van der Waals surface area contributed by atoms with E-state index in [-0.39, 0.29) is 12.6 Å². The highest BCUT2D eigenvalue weighted by Gasteiger charge is 2.08. The van der Waals surface area contributed by atoms with Crippen LogP contribution in [0.1, 0.15) is 47.0 Å². The fraction of sp³-hybridized carbons (Fsp3) is 1.00. The van der Waals surface area contributed by atoms with Gasteiger partial charge in [0, 0.05) is 45.5 Å². The van der Waals surface area contributed by atoms with E-state index < -0.39 is 0 Å². The highest BCUT2D eigenvalue weighted by atomic mass is 28.2. The van der Waals surface area contributed by atoms with Crippen LogP contribution in [0.2, 0.25) is 24.2 Å². The average Bonchev–Trinajstić information content (AvgIpc) is 2.54. The molecule has 0 amide bonds. The van der Waals surface area contributed by atoms with Crippen molar-refractivity contribution in [3.8, 4) is 0 Å². The van der Waals surface area contributed by atoms with Crippen molar-refractivity contribution in [2.75, 3.05) is 26.4 Å². The maximum Gasteiger partial charge on any atom is 0.157 e. The van der Waals surface area contributed by atoms with Crippen molar-refractivity contribution in [1.29, 1.82) is 0 Å². The van der Waals surface area contributed by atoms with Crippen molar-refractivity contribution in [3.63, 3.8) is 0 Å². The minimum absolute atomic E-state index is 0.00781. The van der Waals surface area contributed by atoms with Crippen LogP contribution in [0.25, 0.3) is 0 Å². The fourth-order valence-electron chi connectivity index (χ4n) is 2.20. The van der Waals surface area contributed by atoms with Crippen molar-refractivity contribution in [2.24, 2.45) is 0 Å².